The number of hydrogen-bond acceptors (Lipinski definition) is 2. The summed E-state index contributed by atoms with van der Waals surface area (Å²) in [5.74, 6) is -1.60. The molecule has 2 rings (SSSR count). The molecule has 0 aliphatic carbocycles. The molecule has 0 heterocycles. The van der Waals surface area contributed by atoms with Gasteiger partial charge in [0.25, 0.3) is 0 Å². The number of anilines is 2. The molecule has 0 bridgehead atoms. The van der Waals surface area contributed by atoms with Gasteiger partial charge in [-0.05, 0) is 36.8 Å². The summed E-state index contributed by atoms with van der Waals surface area (Å²) in [5.41, 5.74) is 1.26. The number of halogens is 3. The molecule has 0 saturated heterocycles. The minimum atomic E-state index is -0.798. The van der Waals surface area contributed by atoms with Crippen molar-refractivity contribution in [3.8, 4) is 6.07 Å². The summed E-state index contributed by atoms with van der Waals surface area (Å²) in [5, 5.41) is 11.3. The van der Waals surface area contributed by atoms with E-state index >= 15 is 0 Å². The molecule has 0 atom stereocenters. The van der Waals surface area contributed by atoms with Crippen LogP contribution in [0, 0.1) is 29.9 Å². The van der Waals surface area contributed by atoms with Gasteiger partial charge in [-0.2, -0.15) is 5.26 Å². The van der Waals surface area contributed by atoms with E-state index in [1.54, 1.807) is 18.2 Å². The van der Waals surface area contributed by atoms with Crippen molar-refractivity contribution in [3.63, 3.8) is 0 Å². The van der Waals surface area contributed by atoms with Crippen LogP contribution in [-0.4, -0.2) is 0 Å². The number of nitrogens with zero attached hydrogens (tertiary/aromatic N) is 1. The minimum absolute atomic E-state index is 0.0503. The monoisotopic (exact) mass is 322 g/mol. The molecule has 0 radical (unpaired) electrons. The Morgan fingerprint density at radius 1 is 1.16 bits per heavy atom. The van der Waals surface area contributed by atoms with Crippen molar-refractivity contribution in [1.82, 2.24) is 0 Å². The maximum atomic E-state index is 13.7. The van der Waals surface area contributed by atoms with Crippen LogP contribution in [0.3, 0.4) is 0 Å². The summed E-state index contributed by atoms with van der Waals surface area (Å²) in [6, 6.07) is 8.96. The zero-order valence-corrected chi connectivity index (χ0v) is 11.6. The molecule has 5 heteroatoms. The van der Waals surface area contributed by atoms with Gasteiger partial charge in [-0.3, -0.25) is 0 Å². The molecule has 0 spiro atoms. The van der Waals surface area contributed by atoms with Crippen LogP contribution in [0.2, 0.25) is 0 Å². The van der Waals surface area contributed by atoms with E-state index in [4.69, 9.17) is 5.26 Å². The highest BCUT2D eigenvalue weighted by molar-refractivity contribution is 9.10. The summed E-state index contributed by atoms with van der Waals surface area (Å²) in [6.45, 7) is 1.91. The number of nitrogens with one attached hydrogen (secondary N) is 1. The van der Waals surface area contributed by atoms with Crippen LogP contribution < -0.4 is 5.32 Å². The largest absolute Gasteiger partial charge is 0.351 e. The Bertz CT molecular complexity index is 655. The Balaban J connectivity index is 2.38. The van der Waals surface area contributed by atoms with Crippen molar-refractivity contribution in [1.29, 1.82) is 5.26 Å². The molecule has 2 aromatic rings. The second kappa shape index (κ2) is 5.37. The van der Waals surface area contributed by atoms with E-state index in [0.717, 1.165) is 22.2 Å². The Kier molecular flexibility index (Phi) is 3.82. The fourth-order valence-electron chi connectivity index (χ4n) is 1.57. The lowest BCUT2D eigenvalue weighted by atomic mass is 10.2. The number of hydrogen-bond donors (Lipinski definition) is 1. The molecule has 96 valence electrons. The number of nitriles is 1. The number of aryl methyl sites for hydroxylation is 1. The molecule has 0 aliphatic heterocycles. The van der Waals surface area contributed by atoms with Crippen molar-refractivity contribution in [2.75, 3.05) is 5.32 Å². The average molecular weight is 323 g/mol. The minimum Gasteiger partial charge on any atom is -0.351 e. The van der Waals surface area contributed by atoms with Gasteiger partial charge in [0.2, 0.25) is 0 Å². The Morgan fingerprint density at radius 2 is 1.79 bits per heavy atom. The Hall–Kier alpha value is -1.93. The lowest BCUT2D eigenvalue weighted by molar-refractivity contribution is 0.590. The third kappa shape index (κ3) is 2.91. The van der Waals surface area contributed by atoms with Gasteiger partial charge < -0.3 is 5.32 Å². The number of rotatable bonds is 2. The second-order valence-electron chi connectivity index (χ2n) is 4.02. The van der Waals surface area contributed by atoms with Crippen molar-refractivity contribution in [2.45, 2.75) is 6.92 Å². The van der Waals surface area contributed by atoms with E-state index in [0.29, 0.717) is 5.69 Å². The van der Waals surface area contributed by atoms with Gasteiger partial charge in [0.15, 0.2) is 11.6 Å². The third-order valence-electron chi connectivity index (χ3n) is 2.61. The highest BCUT2D eigenvalue weighted by atomic mass is 79.9. The molecular formula is C14H9BrF2N2. The molecule has 1 N–H and O–H groups in total. The summed E-state index contributed by atoms with van der Waals surface area (Å²) >= 11 is 3.35. The average Bonchev–Trinajstić information content (AvgIpc) is 2.37. The molecule has 0 aromatic heterocycles. The van der Waals surface area contributed by atoms with Crippen molar-refractivity contribution >= 4 is 27.3 Å². The summed E-state index contributed by atoms with van der Waals surface area (Å²) in [6.07, 6.45) is 0. The zero-order valence-electron chi connectivity index (χ0n) is 9.97. The highest BCUT2D eigenvalue weighted by Crippen LogP contribution is 2.27. The number of benzene rings is 2. The van der Waals surface area contributed by atoms with Crippen molar-refractivity contribution in [3.05, 3.63) is 57.6 Å². The van der Waals surface area contributed by atoms with Gasteiger partial charge in [-0.25, -0.2) is 8.78 Å². The van der Waals surface area contributed by atoms with E-state index in [2.05, 4.69) is 21.2 Å². The molecule has 2 aromatic carbocycles. The highest BCUT2D eigenvalue weighted by Gasteiger charge is 2.11. The topological polar surface area (TPSA) is 35.8 Å². The smallest absolute Gasteiger partial charge is 0.150 e. The molecule has 0 amide bonds. The van der Waals surface area contributed by atoms with Crippen LogP contribution in [0.1, 0.15) is 11.1 Å². The fraction of sp³-hybridized carbons (Fsp3) is 0.0714. The standard InChI is InChI=1S/C14H9BrF2N2/c1-8-2-3-10(6-11(8)15)19-14-12(16)4-9(7-18)5-13(14)17/h2-6,19H,1H3. The van der Waals surface area contributed by atoms with E-state index in [9.17, 15) is 8.78 Å². The SMILES string of the molecule is Cc1ccc(Nc2c(F)cc(C#N)cc2F)cc1Br. The van der Waals surface area contributed by atoms with E-state index < -0.39 is 11.6 Å². The summed E-state index contributed by atoms with van der Waals surface area (Å²) < 4.78 is 28.2. The third-order valence-corrected chi connectivity index (χ3v) is 3.47. The second-order valence-corrected chi connectivity index (χ2v) is 4.87. The maximum Gasteiger partial charge on any atom is 0.150 e. The van der Waals surface area contributed by atoms with Gasteiger partial charge in [0.05, 0.1) is 11.6 Å². The Morgan fingerprint density at radius 3 is 2.32 bits per heavy atom. The van der Waals surface area contributed by atoms with Gasteiger partial charge in [-0.15, -0.1) is 0 Å². The molecule has 0 fully saturated rings. The molecule has 2 nitrogen and oxygen atoms in total. The van der Waals surface area contributed by atoms with Crippen LogP contribution in [0.4, 0.5) is 20.2 Å². The van der Waals surface area contributed by atoms with E-state index in [1.165, 1.54) is 0 Å². The summed E-state index contributed by atoms with van der Waals surface area (Å²) in [7, 11) is 0. The molecule has 0 aliphatic rings. The predicted molar refractivity (Wildman–Crippen MR) is 73.2 cm³/mol. The van der Waals surface area contributed by atoms with Gasteiger partial charge in [0, 0.05) is 10.2 Å². The lowest BCUT2D eigenvalue weighted by Gasteiger charge is -2.10. The summed E-state index contributed by atoms with van der Waals surface area (Å²) in [4.78, 5) is 0. The van der Waals surface area contributed by atoms with Gasteiger partial charge >= 0.3 is 0 Å². The van der Waals surface area contributed by atoms with Crippen LogP contribution in [0.15, 0.2) is 34.8 Å². The normalized spacial score (nSPS) is 10.1. The van der Waals surface area contributed by atoms with Crippen LogP contribution in [0.5, 0.6) is 0 Å². The first-order valence-corrected chi connectivity index (χ1v) is 6.23. The molecule has 0 saturated carbocycles. The first-order chi connectivity index (χ1) is 9.01. The van der Waals surface area contributed by atoms with Crippen molar-refractivity contribution in [2.24, 2.45) is 0 Å². The van der Waals surface area contributed by atoms with Crippen molar-refractivity contribution < 1.29 is 8.78 Å². The van der Waals surface area contributed by atoms with E-state index in [1.807, 2.05) is 13.0 Å². The Labute approximate surface area is 117 Å². The maximum absolute atomic E-state index is 13.7. The zero-order chi connectivity index (χ0) is 14.0. The lowest BCUT2D eigenvalue weighted by Crippen LogP contribution is -1.99. The first-order valence-electron chi connectivity index (χ1n) is 5.43. The molecule has 0 unspecified atom stereocenters. The quantitative estimate of drug-likeness (QED) is 0.873. The predicted octanol–water partition coefficient (Wildman–Crippen LogP) is 4.65. The fourth-order valence-corrected chi connectivity index (χ4v) is 1.95. The van der Waals surface area contributed by atoms with Crippen LogP contribution >= 0.6 is 15.9 Å². The molecule has 19 heavy (non-hydrogen) atoms. The van der Waals surface area contributed by atoms with Gasteiger partial charge in [0.1, 0.15) is 5.69 Å². The first kappa shape index (κ1) is 13.5. The van der Waals surface area contributed by atoms with Crippen LogP contribution in [-0.2, 0) is 0 Å². The van der Waals surface area contributed by atoms with Gasteiger partial charge in [-0.1, -0.05) is 22.0 Å². The van der Waals surface area contributed by atoms with E-state index in [-0.39, 0.29) is 11.3 Å². The molecular weight excluding hydrogens is 314 g/mol. The van der Waals surface area contributed by atoms with Crippen LogP contribution in [0.25, 0.3) is 0 Å².